The van der Waals surface area contributed by atoms with Gasteiger partial charge in [0.1, 0.15) is 11.6 Å². The van der Waals surface area contributed by atoms with Crippen molar-refractivity contribution in [3.05, 3.63) is 69.5 Å². The molecule has 3 rings (SSSR count). The summed E-state index contributed by atoms with van der Waals surface area (Å²) in [5.41, 5.74) is 1.35. The molecule has 7 heteroatoms. The van der Waals surface area contributed by atoms with Crippen LogP contribution in [0.15, 0.2) is 48.2 Å². The summed E-state index contributed by atoms with van der Waals surface area (Å²) in [5, 5.41) is 20.6. The Morgan fingerprint density at radius 2 is 1.96 bits per heavy atom. The normalized spacial score (nSPS) is 14.3. The van der Waals surface area contributed by atoms with E-state index in [1.54, 1.807) is 52.1 Å². The summed E-state index contributed by atoms with van der Waals surface area (Å²) in [6.45, 7) is 1.64. The van der Waals surface area contributed by atoms with Crippen molar-refractivity contribution < 1.29 is 9.72 Å². The lowest BCUT2D eigenvalue weighted by Gasteiger charge is -2.14. The van der Waals surface area contributed by atoms with Crippen molar-refractivity contribution in [3.63, 3.8) is 0 Å². The van der Waals surface area contributed by atoms with Crippen LogP contribution < -0.4 is 0 Å². The first-order chi connectivity index (χ1) is 12.6. The number of rotatable bonds is 5. The van der Waals surface area contributed by atoms with Crippen LogP contribution in [0.5, 0.6) is 0 Å². The lowest BCUT2D eigenvalue weighted by Crippen LogP contribution is -2.28. The van der Waals surface area contributed by atoms with E-state index < -0.39 is 4.92 Å². The van der Waals surface area contributed by atoms with Gasteiger partial charge in [0.2, 0.25) is 0 Å². The van der Waals surface area contributed by atoms with Gasteiger partial charge >= 0.3 is 0 Å². The zero-order chi connectivity index (χ0) is 18.5. The molecule has 1 aromatic carbocycles. The molecule has 1 aromatic heterocycles. The number of nitrogens with zero attached hydrogens (tertiary/aromatic N) is 4. The van der Waals surface area contributed by atoms with E-state index in [1.165, 1.54) is 6.07 Å². The van der Waals surface area contributed by atoms with Gasteiger partial charge < -0.3 is 9.47 Å². The molecule has 0 aliphatic carbocycles. The topological polar surface area (TPSA) is 92.2 Å². The van der Waals surface area contributed by atoms with E-state index in [1.807, 2.05) is 6.07 Å². The van der Waals surface area contributed by atoms with Crippen molar-refractivity contribution in [2.75, 3.05) is 13.1 Å². The lowest BCUT2D eigenvalue weighted by atomic mass is 10.1. The predicted octanol–water partition coefficient (Wildman–Crippen LogP) is 2.97. The molecule has 0 radical (unpaired) electrons. The van der Waals surface area contributed by atoms with E-state index in [2.05, 4.69) is 0 Å². The number of nitriles is 1. The molecular weight excluding hydrogens is 332 g/mol. The third-order valence-electron chi connectivity index (χ3n) is 4.43. The molecule has 0 spiro atoms. The molecule has 132 valence electrons. The molecule has 0 unspecified atom stereocenters. The number of hydrogen-bond donors (Lipinski definition) is 0. The van der Waals surface area contributed by atoms with E-state index in [-0.39, 0.29) is 23.7 Å². The minimum atomic E-state index is -0.411. The Labute approximate surface area is 150 Å². The number of benzene rings is 1. The molecule has 1 amide bonds. The second-order valence-corrected chi connectivity index (χ2v) is 6.12. The summed E-state index contributed by atoms with van der Waals surface area (Å²) in [6.07, 6.45) is 5.24. The van der Waals surface area contributed by atoms with Gasteiger partial charge in [-0.25, -0.2) is 0 Å². The van der Waals surface area contributed by atoms with E-state index in [0.29, 0.717) is 24.3 Å². The van der Waals surface area contributed by atoms with Crippen molar-refractivity contribution in [2.24, 2.45) is 0 Å². The van der Waals surface area contributed by atoms with Gasteiger partial charge in [0.25, 0.3) is 11.6 Å². The monoisotopic (exact) mass is 350 g/mol. The molecule has 7 nitrogen and oxygen atoms in total. The average Bonchev–Trinajstić information content (AvgIpc) is 3.31. The Bertz CT molecular complexity index is 902. The van der Waals surface area contributed by atoms with Crippen molar-refractivity contribution in [2.45, 2.75) is 19.4 Å². The number of para-hydroxylation sites is 1. The first kappa shape index (κ1) is 17.4. The smallest absolute Gasteiger partial charge is 0.274 e. The Morgan fingerprint density at radius 1 is 1.23 bits per heavy atom. The number of nitro groups is 1. The van der Waals surface area contributed by atoms with Crippen LogP contribution in [-0.2, 0) is 11.3 Å². The molecule has 1 saturated heterocycles. The second kappa shape index (κ2) is 7.66. The summed E-state index contributed by atoms with van der Waals surface area (Å²) in [6, 6.07) is 12.1. The van der Waals surface area contributed by atoms with Crippen LogP contribution in [0, 0.1) is 21.4 Å². The SMILES string of the molecule is N#C/C(=C\c1cccn1Cc1ccccc1[N+](=O)[O-])C(=O)N1CCCC1. The van der Waals surface area contributed by atoms with Gasteiger partial charge in [-0.05, 0) is 31.1 Å². The van der Waals surface area contributed by atoms with Gasteiger partial charge in [0.15, 0.2) is 0 Å². The van der Waals surface area contributed by atoms with E-state index in [0.717, 1.165) is 12.8 Å². The highest BCUT2D eigenvalue weighted by molar-refractivity contribution is 6.01. The van der Waals surface area contributed by atoms with Crippen LogP contribution in [-0.4, -0.2) is 33.4 Å². The number of aromatic nitrogens is 1. The number of carbonyl (C=O) groups is 1. The molecule has 26 heavy (non-hydrogen) atoms. The lowest BCUT2D eigenvalue weighted by molar-refractivity contribution is -0.385. The minimum Gasteiger partial charge on any atom is -0.343 e. The quantitative estimate of drug-likeness (QED) is 0.359. The Balaban J connectivity index is 1.88. The van der Waals surface area contributed by atoms with Crippen LogP contribution in [0.2, 0.25) is 0 Å². The maximum Gasteiger partial charge on any atom is 0.274 e. The molecule has 1 fully saturated rings. The number of amides is 1. The summed E-state index contributed by atoms with van der Waals surface area (Å²) in [4.78, 5) is 24.9. The van der Waals surface area contributed by atoms with Crippen LogP contribution in [0.4, 0.5) is 5.69 Å². The zero-order valence-electron chi connectivity index (χ0n) is 14.2. The highest BCUT2D eigenvalue weighted by atomic mass is 16.6. The summed E-state index contributed by atoms with van der Waals surface area (Å²) in [5.74, 6) is -0.261. The first-order valence-electron chi connectivity index (χ1n) is 8.38. The third-order valence-corrected chi connectivity index (χ3v) is 4.43. The molecule has 1 aliphatic heterocycles. The number of hydrogen-bond acceptors (Lipinski definition) is 4. The van der Waals surface area contributed by atoms with Gasteiger partial charge in [-0.15, -0.1) is 0 Å². The van der Waals surface area contributed by atoms with Crippen molar-refractivity contribution in [1.82, 2.24) is 9.47 Å². The molecule has 0 saturated carbocycles. The molecule has 1 aliphatic rings. The van der Waals surface area contributed by atoms with Gasteiger partial charge in [-0.1, -0.05) is 18.2 Å². The Morgan fingerprint density at radius 3 is 2.65 bits per heavy atom. The Hall–Kier alpha value is -3.40. The van der Waals surface area contributed by atoms with Gasteiger partial charge in [0.05, 0.1) is 11.5 Å². The van der Waals surface area contributed by atoms with Gasteiger partial charge in [0, 0.05) is 36.6 Å². The first-order valence-corrected chi connectivity index (χ1v) is 8.38. The van der Waals surface area contributed by atoms with Crippen LogP contribution in [0.1, 0.15) is 24.1 Å². The highest BCUT2D eigenvalue weighted by Gasteiger charge is 2.22. The fourth-order valence-corrected chi connectivity index (χ4v) is 3.09. The molecule has 0 atom stereocenters. The Kier molecular flexibility index (Phi) is 5.13. The summed E-state index contributed by atoms with van der Waals surface area (Å²) >= 11 is 0. The number of carbonyl (C=O) groups excluding carboxylic acids is 1. The maximum atomic E-state index is 12.5. The highest BCUT2D eigenvalue weighted by Crippen LogP contribution is 2.21. The molecule has 2 aromatic rings. The van der Waals surface area contributed by atoms with Crippen molar-refractivity contribution in [3.8, 4) is 6.07 Å². The van der Waals surface area contributed by atoms with Gasteiger partial charge in [-0.2, -0.15) is 5.26 Å². The van der Waals surface area contributed by atoms with E-state index in [9.17, 15) is 20.2 Å². The fourth-order valence-electron chi connectivity index (χ4n) is 3.09. The average molecular weight is 350 g/mol. The third kappa shape index (κ3) is 3.64. The van der Waals surface area contributed by atoms with Crippen LogP contribution in [0.3, 0.4) is 0 Å². The predicted molar refractivity (Wildman–Crippen MR) is 96.0 cm³/mol. The van der Waals surface area contributed by atoms with E-state index in [4.69, 9.17) is 0 Å². The van der Waals surface area contributed by atoms with Gasteiger partial charge in [-0.3, -0.25) is 14.9 Å². The number of nitro benzene ring substituents is 1. The fraction of sp³-hybridized carbons (Fsp3) is 0.263. The van der Waals surface area contributed by atoms with Crippen LogP contribution in [0.25, 0.3) is 6.08 Å². The van der Waals surface area contributed by atoms with Crippen molar-refractivity contribution in [1.29, 1.82) is 5.26 Å². The van der Waals surface area contributed by atoms with Crippen molar-refractivity contribution >= 4 is 17.7 Å². The van der Waals surface area contributed by atoms with Crippen LogP contribution >= 0.6 is 0 Å². The maximum absolute atomic E-state index is 12.5. The summed E-state index contributed by atoms with van der Waals surface area (Å²) in [7, 11) is 0. The molecule has 0 N–H and O–H groups in total. The molecule has 2 heterocycles. The zero-order valence-corrected chi connectivity index (χ0v) is 14.2. The second-order valence-electron chi connectivity index (χ2n) is 6.12. The molecular formula is C19H18N4O3. The summed E-state index contributed by atoms with van der Waals surface area (Å²) < 4.78 is 1.79. The van der Waals surface area contributed by atoms with E-state index >= 15 is 0 Å². The number of likely N-dealkylation sites (tertiary alicyclic amines) is 1. The minimum absolute atomic E-state index is 0.0461. The molecule has 0 bridgehead atoms. The largest absolute Gasteiger partial charge is 0.343 e. The standard InChI is InChI=1S/C19H18N4O3/c20-13-16(19(24)21-9-3-4-10-21)12-17-7-5-11-22(17)14-15-6-1-2-8-18(15)23(25)26/h1-2,5-8,11-12H,3-4,9-10,14H2/b16-12+.